The number of pyridine rings is 2. The molecule has 0 unspecified atom stereocenters. The second kappa shape index (κ2) is 14.6. The molecule has 0 bridgehead atoms. The first-order chi connectivity index (χ1) is 19.5. The van der Waals surface area contributed by atoms with Gasteiger partial charge in [-0.2, -0.15) is 0 Å². The summed E-state index contributed by atoms with van der Waals surface area (Å²) in [7, 11) is 1.29. The Kier molecular flexibility index (Phi) is 10.7. The number of amides is 1. The van der Waals surface area contributed by atoms with Crippen LogP contribution in [0, 0.1) is 5.92 Å². The molecule has 2 aromatic heterocycles. The van der Waals surface area contributed by atoms with E-state index in [0.717, 1.165) is 74.4 Å². The standard InChI is InChI=1S/C31H40N4O5/c1-40-30(38)23-34-22-26(14-15-29(34)37)35(17-8-4-2-3-5-9-18-36)31(39)25-12-10-16-33(21-25)28-20-32-19-24-11-6-7-13-27(24)28/h6-7,11,13-15,19-20,22,25,36H,2-5,8-10,12,16-18,21,23H2,1H3/t25-/m0/s1. The smallest absolute Gasteiger partial charge is 0.325 e. The summed E-state index contributed by atoms with van der Waals surface area (Å²) in [4.78, 5) is 46.9. The summed E-state index contributed by atoms with van der Waals surface area (Å²) in [5.41, 5.74) is 1.33. The van der Waals surface area contributed by atoms with Crippen LogP contribution in [0.15, 0.2) is 59.8 Å². The lowest BCUT2D eigenvalue weighted by molar-refractivity contribution is -0.141. The van der Waals surface area contributed by atoms with Crippen LogP contribution in [0.1, 0.15) is 51.4 Å². The van der Waals surface area contributed by atoms with Crippen molar-refractivity contribution in [2.75, 3.05) is 43.2 Å². The van der Waals surface area contributed by atoms with Crippen LogP contribution < -0.4 is 15.4 Å². The molecule has 1 amide bonds. The number of unbranched alkanes of at least 4 members (excludes halogenated alkanes) is 5. The monoisotopic (exact) mass is 548 g/mol. The minimum Gasteiger partial charge on any atom is -0.468 e. The largest absolute Gasteiger partial charge is 0.468 e. The molecule has 0 aliphatic carbocycles. The van der Waals surface area contributed by atoms with E-state index in [4.69, 9.17) is 9.84 Å². The van der Waals surface area contributed by atoms with Gasteiger partial charge in [0.05, 0.1) is 30.6 Å². The highest BCUT2D eigenvalue weighted by atomic mass is 16.5. The number of ether oxygens (including phenoxy) is 1. The number of esters is 1. The molecule has 3 aromatic rings. The van der Waals surface area contributed by atoms with Crippen molar-refractivity contribution in [1.29, 1.82) is 0 Å². The SMILES string of the molecule is COC(=O)Cn1cc(N(CCCCCCCCO)C(=O)[C@H]2CCCN(c3cncc4ccccc34)C2)ccc1=O. The van der Waals surface area contributed by atoms with Gasteiger partial charge in [0, 0.05) is 55.5 Å². The molecule has 3 heterocycles. The van der Waals surface area contributed by atoms with Crippen molar-refractivity contribution in [3.8, 4) is 0 Å². The van der Waals surface area contributed by atoms with Crippen LogP contribution >= 0.6 is 0 Å². The maximum Gasteiger partial charge on any atom is 0.325 e. The fourth-order valence-corrected chi connectivity index (χ4v) is 5.43. The predicted octanol–water partition coefficient (Wildman–Crippen LogP) is 4.15. The van der Waals surface area contributed by atoms with Crippen molar-refractivity contribution in [3.05, 3.63) is 65.3 Å². The fraction of sp³-hybridized carbons (Fsp3) is 0.484. The molecule has 1 fully saturated rings. The molecule has 0 spiro atoms. The molecule has 1 aliphatic rings. The molecular weight excluding hydrogens is 508 g/mol. The molecule has 9 heteroatoms. The van der Waals surface area contributed by atoms with E-state index >= 15 is 0 Å². The van der Waals surface area contributed by atoms with Gasteiger partial charge in [-0.25, -0.2) is 0 Å². The van der Waals surface area contributed by atoms with Crippen LogP contribution in [0.3, 0.4) is 0 Å². The van der Waals surface area contributed by atoms with Gasteiger partial charge in [0.2, 0.25) is 5.91 Å². The number of anilines is 2. The van der Waals surface area contributed by atoms with Gasteiger partial charge in [0.1, 0.15) is 6.54 Å². The summed E-state index contributed by atoms with van der Waals surface area (Å²) < 4.78 is 6.05. The van der Waals surface area contributed by atoms with Crippen molar-refractivity contribution >= 4 is 34.0 Å². The third-order valence-electron chi connectivity index (χ3n) is 7.62. The van der Waals surface area contributed by atoms with Crippen LogP contribution in [0.4, 0.5) is 11.4 Å². The van der Waals surface area contributed by atoms with E-state index in [1.54, 1.807) is 17.2 Å². The van der Waals surface area contributed by atoms with Crippen LogP contribution in [-0.4, -0.2) is 59.9 Å². The second-order valence-corrected chi connectivity index (χ2v) is 10.4. The Balaban J connectivity index is 1.54. The van der Waals surface area contributed by atoms with Crippen molar-refractivity contribution in [3.63, 3.8) is 0 Å². The number of nitrogens with zero attached hydrogens (tertiary/aromatic N) is 4. The number of methoxy groups -OCH3 is 1. The number of hydrogen-bond acceptors (Lipinski definition) is 7. The number of aliphatic hydroxyl groups excluding tert-OH is 1. The highest BCUT2D eigenvalue weighted by Crippen LogP contribution is 2.31. The summed E-state index contributed by atoms with van der Waals surface area (Å²) >= 11 is 0. The summed E-state index contributed by atoms with van der Waals surface area (Å²) in [5, 5.41) is 11.2. The summed E-state index contributed by atoms with van der Waals surface area (Å²) in [6.45, 7) is 1.99. The Morgan fingerprint density at radius 1 is 1.05 bits per heavy atom. The Morgan fingerprint density at radius 2 is 1.82 bits per heavy atom. The van der Waals surface area contributed by atoms with E-state index in [1.807, 2.05) is 30.6 Å². The lowest BCUT2D eigenvalue weighted by Crippen LogP contribution is -2.45. The number of hydrogen-bond donors (Lipinski definition) is 1. The molecular formula is C31H40N4O5. The summed E-state index contributed by atoms with van der Waals surface area (Å²) in [6, 6.07) is 11.2. The number of aromatic nitrogens is 2. The predicted molar refractivity (Wildman–Crippen MR) is 157 cm³/mol. The average molecular weight is 549 g/mol. The van der Waals surface area contributed by atoms with E-state index in [0.29, 0.717) is 18.8 Å². The van der Waals surface area contributed by atoms with Gasteiger partial charge in [0.15, 0.2) is 0 Å². The molecule has 1 aliphatic heterocycles. The molecule has 1 saturated heterocycles. The Bertz CT molecular complexity index is 1340. The van der Waals surface area contributed by atoms with E-state index in [1.165, 1.54) is 17.7 Å². The summed E-state index contributed by atoms with van der Waals surface area (Å²) in [6.07, 6.45) is 12.7. The topological polar surface area (TPSA) is 105 Å². The number of rotatable bonds is 13. The number of carbonyl (C=O) groups is 2. The van der Waals surface area contributed by atoms with Gasteiger partial charge in [-0.1, -0.05) is 49.9 Å². The maximum absolute atomic E-state index is 14.1. The molecule has 1 aromatic carbocycles. The zero-order valence-corrected chi connectivity index (χ0v) is 23.3. The molecule has 9 nitrogen and oxygen atoms in total. The molecule has 214 valence electrons. The first-order valence-corrected chi connectivity index (χ1v) is 14.3. The first kappa shape index (κ1) is 29.3. The Hall–Kier alpha value is -3.72. The fourth-order valence-electron chi connectivity index (χ4n) is 5.43. The van der Waals surface area contributed by atoms with E-state index in [2.05, 4.69) is 16.0 Å². The van der Waals surface area contributed by atoms with Crippen molar-refractivity contribution in [2.24, 2.45) is 5.92 Å². The number of fused-ring (bicyclic) bond motifs is 1. The number of benzene rings is 1. The maximum atomic E-state index is 14.1. The zero-order chi connectivity index (χ0) is 28.3. The van der Waals surface area contributed by atoms with Crippen molar-refractivity contribution < 1.29 is 19.4 Å². The van der Waals surface area contributed by atoms with Crippen molar-refractivity contribution in [2.45, 2.75) is 57.9 Å². The van der Waals surface area contributed by atoms with Crippen LogP contribution in [0.5, 0.6) is 0 Å². The zero-order valence-electron chi connectivity index (χ0n) is 23.3. The normalized spacial score (nSPS) is 15.2. The molecule has 4 rings (SSSR count). The Labute approximate surface area is 235 Å². The Morgan fingerprint density at radius 3 is 2.62 bits per heavy atom. The van der Waals surface area contributed by atoms with Gasteiger partial charge in [-0.3, -0.25) is 19.4 Å². The van der Waals surface area contributed by atoms with Crippen LogP contribution in [0.2, 0.25) is 0 Å². The van der Waals surface area contributed by atoms with Gasteiger partial charge in [-0.05, 0) is 31.7 Å². The van der Waals surface area contributed by atoms with Crippen LogP contribution in [0.25, 0.3) is 10.8 Å². The van der Waals surface area contributed by atoms with E-state index in [-0.39, 0.29) is 30.5 Å². The average Bonchev–Trinajstić information content (AvgIpc) is 2.99. The molecule has 0 saturated carbocycles. The van der Waals surface area contributed by atoms with E-state index in [9.17, 15) is 14.4 Å². The minimum atomic E-state index is -0.522. The quantitative estimate of drug-likeness (QED) is 0.253. The molecule has 1 N–H and O–H groups in total. The first-order valence-electron chi connectivity index (χ1n) is 14.3. The van der Waals surface area contributed by atoms with Crippen LogP contribution in [-0.2, 0) is 20.9 Å². The second-order valence-electron chi connectivity index (χ2n) is 10.4. The highest BCUT2D eigenvalue weighted by molar-refractivity contribution is 5.96. The van der Waals surface area contributed by atoms with Crippen molar-refractivity contribution in [1.82, 2.24) is 9.55 Å². The van der Waals surface area contributed by atoms with Gasteiger partial charge in [-0.15, -0.1) is 0 Å². The number of aliphatic hydroxyl groups is 1. The molecule has 0 radical (unpaired) electrons. The third kappa shape index (κ3) is 7.47. The van der Waals surface area contributed by atoms with E-state index < -0.39 is 5.97 Å². The minimum absolute atomic E-state index is 0.0291. The highest BCUT2D eigenvalue weighted by Gasteiger charge is 2.31. The summed E-state index contributed by atoms with van der Waals surface area (Å²) in [5.74, 6) is -0.702. The van der Waals surface area contributed by atoms with Gasteiger partial charge >= 0.3 is 5.97 Å². The molecule has 1 atom stereocenters. The van der Waals surface area contributed by atoms with Gasteiger partial charge < -0.3 is 24.2 Å². The lowest BCUT2D eigenvalue weighted by Gasteiger charge is -2.36. The molecule has 40 heavy (non-hydrogen) atoms. The third-order valence-corrected chi connectivity index (χ3v) is 7.62. The number of carbonyl (C=O) groups excluding carboxylic acids is 2. The lowest BCUT2D eigenvalue weighted by atomic mass is 9.95. The number of piperidine rings is 1. The van der Waals surface area contributed by atoms with Gasteiger partial charge in [0.25, 0.3) is 5.56 Å².